The van der Waals surface area contributed by atoms with Gasteiger partial charge >= 0.3 is 5.97 Å². The molecule has 0 aliphatic heterocycles. The first kappa shape index (κ1) is 21.0. The highest BCUT2D eigenvalue weighted by Crippen LogP contribution is 2.18. The summed E-state index contributed by atoms with van der Waals surface area (Å²) in [7, 11) is 3.54. The Morgan fingerprint density at radius 3 is 2.16 bits per heavy atom. The first-order valence-electron chi connectivity index (χ1n) is 6.67. The van der Waals surface area contributed by atoms with E-state index in [1.165, 1.54) is 0 Å². The molecule has 0 fully saturated rings. The largest absolute Gasteiger partial charge is 0.460 e. The molecule has 0 heterocycles. The van der Waals surface area contributed by atoms with Crippen LogP contribution in [0.4, 0.5) is 0 Å². The van der Waals surface area contributed by atoms with Gasteiger partial charge in [0.15, 0.2) is 0 Å². The molecular weight excluding hydrogens is 266 g/mol. The highest BCUT2D eigenvalue weighted by molar-refractivity contribution is 5.85. The average Bonchev–Trinajstić information content (AvgIpc) is 2.25. The van der Waals surface area contributed by atoms with E-state index >= 15 is 0 Å². The third-order valence-electron chi connectivity index (χ3n) is 3.08. The van der Waals surface area contributed by atoms with Gasteiger partial charge in [-0.05, 0) is 33.7 Å². The lowest BCUT2D eigenvalue weighted by molar-refractivity contribution is -0.158. The van der Waals surface area contributed by atoms with Crippen molar-refractivity contribution in [3.63, 3.8) is 0 Å². The zero-order valence-corrected chi connectivity index (χ0v) is 14.1. The molecule has 0 aromatic heterocycles. The Hall–Kier alpha value is -0.320. The van der Waals surface area contributed by atoms with Gasteiger partial charge in [-0.1, -0.05) is 20.3 Å². The Balaban J connectivity index is 0. The Morgan fingerprint density at radius 2 is 1.84 bits per heavy atom. The van der Waals surface area contributed by atoms with Crippen LogP contribution in [0.1, 0.15) is 47.5 Å². The molecule has 0 aromatic rings. The van der Waals surface area contributed by atoms with Crippen LogP contribution < -0.4 is 5.32 Å². The van der Waals surface area contributed by atoms with Crippen molar-refractivity contribution in [1.82, 2.24) is 5.32 Å². The number of carbonyl (C=O) groups is 1. The molecule has 0 aliphatic carbocycles. The predicted molar refractivity (Wildman–Crippen MR) is 80.8 cm³/mol. The van der Waals surface area contributed by atoms with Gasteiger partial charge in [0.2, 0.25) is 0 Å². The molecule has 0 saturated carbocycles. The molecule has 0 unspecified atom stereocenters. The van der Waals surface area contributed by atoms with Gasteiger partial charge in [0.1, 0.15) is 5.60 Å². The second-order valence-electron chi connectivity index (χ2n) is 5.76. The van der Waals surface area contributed by atoms with E-state index < -0.39 is 5.60 Å². The lowest BCUT2D eigenvalue weighted by Crippen LogP contribution is -2.45. The standard InChI is InChI=1S/C14H29NO3.ClH/c1-8-10(2)13(15-6)11(17-7)9-12(16)18-14(3,4)5;/h10-11,13,15H,8-9H2,1-7H3;1H/t10-,11+,13-;/m0./s1. The predicted octanol–water partition coefficient (Wildman–Crippen LogP) is 2.79. The van der Waals surface area contributed by atoms with E-state index in [1.807, 2.05) is 27.8 Å². The molecule has 0 amide bonds. The first-order valence-corrected chi connectivity index (χ1v) is 6.67. The fourth-order valence-corrected chi connectivity index (χ4v) is 2.00. The van der Waals surface area contributed by atoms with Crippen LogP contribution >= 0.6 is 12.4 Å². The summed E-state index contributed by atoms with van der Waals surface area (Å²) in [6, 6.07) is 0.160. The molecule has 3 atom stereocenters. The molecule has 0 rings (SSSR count). The van der Waals surface area contributed by atoms with Crippen LogP contribution in [0.25, 0.3) is 0 Å². The van der Waals surface area contributed by atoms with Gasteiger partial charge in [0.05, 0.1) is 12.5 Å². The van der Waals surface area contributed by atoms with E-state index in [4.69, 9.17) is 9.47 Å². The third kappa shape index (κ3) is 8.45. The quantitative estimate of drug-likeness (QED) is 0.734. The summed E-state index contributed by atoms with van der Waals surface area (Å²) in [6.07, 6.45) is 1.17. The fraction of sp³-hybridized carbons (Fsp3) is 0.929. The van der Waals surface area contributed by atoms with Crippen LogP contribution in [0.3, 0.4) is 0 Å². The number of rotatable bonds is 7. The number of hydrogen-bond donors (Lipinski definition) is 1. The van der Waals surface area contributed by atoms with Crippen LogP contribution in [0.2, 0.25) is 0 Å². The highest BCUT2D eigenvalue weighted by Gasteiger charge is 2.28. The topological polar surface area (TPSA) is 47.6 Å². The number of halogens is 1. The minimum absolute atomic E-state index is 0. The van der Waals surface area contributed by atoms with Gasteiger partial charge in [-0.15, -0.1) is 12.4 Å². The van der Waals surface area contributed by atoms with Gasteiger partial charge in [0, 0.05) is 13.2 Å². The third-order valence-corrected chi connectivity index (χ3v) is 3.08. The van der Waals surface area contributed by atoms with Crippen LogP contribution in [0.5, 0.6) is 0 Å². The van der Waals surface area contributed by atoms with Crippen molar-refractivity contribution in [2.75, 3.05) is 14.2 Å². The lowest BCUT2D eigenvalue weighted by Gasteiger charge is -2.30. The van der Waals surface area contributed by atoms with Crippen LogP contribution in [0, 0.1) is 5.92 Å². The Bertz CT molecular complexity index is 254. The van der Waals surface area contributed by atoms with E-state index in [9.17, 15) is 4.79 Å². The monoisotopic (exact) mass is 295 g/mol. The number of esters is 1. The number of ether oxygens (including phenoxy) is 2. The van der Waals surface area contributed by atoms with E-state index in [0.717, 1.165) is 6.42 Å². The summed E-state index contributed by atoms with van der Waals surface area (Å²) in [5.74, 6) is 0.236. The Kier molecular flexibility index (Phi) is 10.6. The SMILES string of the molecule is CC[C@H](C)[C@H](NC)[C@@H](CC(=O)OC(C)(C)C)OC.Cl. The number of methoxy groups -OCH3 is 1. The van der Waals surface area contributed by atoms with E-state index in [1.54, 1.807) is 7.11 Å². The smallest absolute Gasteiger partial charge is 0.309 e. The highest BCUT2D eigenvalue weighted by atomic mass is 35.5. The van der Waals surface area contributed by atoms with Crippen LogP contribution in [-0.4, -0.2) is 37.9 Å². The molecule has 0 aromatic carbocycles. The second kappa shape index (κ2) is 9.56. The molecular formula is C14H30ClNO3. The number of carbonyl (C=O) groups excluding carboxylic acids is 1. The molecule has 19 heavy (non-hydrogen) atoms. The average molecular weight is 296 g/mol. The normalized spacial score (nSPS) is 16.2. The van der Waals surface area contributed by atoms with Crippen molar-refractivity contribution in [1.29, 1.82) is 0 Å². The molecule has 1 N–H and O–H groups in total. The molecule has 0 saturated heterocycles. The molecule has 4 nitrogen and oxygen atoms in total. The van der Waals surface area contributed by atoms with Gasteiger partial charge in [-0.25, -0.2) is 0 Å². The van der Waals surface area contributed by atoms with Crippen molar-refractivity contribution in [3.8, 4) is 0 Å². The van der Waals surface area contributed by atoms with Crippen molar-refractivity contribution in [2.45, 2.75) is 65.2 Å². The summed E-state index contributed by atoms with van der Waals surface area (Å²) in [6.45, 7) is 9.91. The number of nitrogens with one attached hydrogen (secondary N) is 1. The van der Waals surface area contributed by atoms with E-state index in [2.05, 4.69) is 19.2 Å². The summed E-state index contributed by atoms with van der Waals surface area (Å²) in [4.78, 5) is 11.8. The second-order valence-corrected chi connectivity index (χ2v) is 5.76. The lowest BCUT2D eigenvalue weighted by atomic mass is 9.92. The Morgan fingerprint density at radius 1 is 1.32 bits per heavy atom. The van der Waals surface area contributed by atoms with Crippen molar-refractivity contribution in [2.24, 2.45) is 5.92 Å². The van der Waals surface area contributed by atoms with E-state index in [-0.39, 0.29) is 36.9 Å². The van der Waals surface area contributed by atoms with Gasteiger partial charge in [-0.3, -0.25) is 4.79 Å². The maximum absolute atomic E-state index is 11.8. The summed E-state index contributed by atoms with van der Waals surface area (Å²) < 4.78 is 10.8. The number of likely N-dealkylation sites (N-methyl/N-ethyl adjacent to an activating group) is 1. The molecule has 0 radical (unpaired) electrons. The number of hydrogen-bond acceptors (Lipinski definition) is 4. The molecule has 0 bridgehead atoms. The maximum atomic E-state index is 11.8. The molecule has 116 valence electrons. The first-order chi connectivity index (χ1) is 8.25. The molecule has 5 heteroatoms. The fourth-order valence-electron chi connectivity index (χ4n) is 2.00. The molecule has 0 spiro atoms. The summed E-state index contributed by atoms with van der Waals surface area (Å²) >= 11 is 0. The Labute approximate surface area is 124 Å². The van der Waals surface area contributed by atoms with Gasteiger partial charge in [0.25, 0.3) is 0 Å². The minimum atomic E-state index is -0.444. The maximum Gasteiger partial charge on any atom is 0.309 e. The van der Waals surface area contributed by atoms with Crippen LogP contribution in [0.15, 0.2) is 0 Å². The van der Waals surface area contributed by atoms with Crippen molar-refractivity contribution < 1.29 is 14.3 Å². The minimum Gasteiger partial charge on any atom is -0.460 e. The zero-order chi connectivity index (χ0) is 14.3. The van der Waals surface area contributed by atoms with Gasteiger partial charge < -0.3 is 14.8 Å². The van der Waals surface area contributed by atoms with E-state index in [0.29, 0.717) is 5.92 Å². The van der Waals surface area contributed by atoms with Crippen molar-refractivity contribution in [3.05, 3.63) is 0 Å². The molecule has 0 aliphatic rings. The summed E-state index contributed by atoms with van der Waals surface area (Å²) in [5, 5.41) is 3.24. The zero-order valence-electron chi connectivity index (χ0n) is 13.3. The van der Waals surface area contributed by atoms with Crippen molar-refractivity contribution >= 4 is 18.4 Å². The summed E-state index contributed by atoms with van der Waals surface area (Å²) in [5.41, 5.74) is -0.444. The van der Waals surface area contributed by atoms with Crippen LogP contribution in [-0.2, 0) is 14.3 Å². The van der Waals surface area contributed by atoms with Gasteiger partial charge in [-0.2, -0.15) is 0 Å².